The van der Waals surface area contributed by atoms with Crippen molar-refractivity contribution in [1.82, 2.24) is 4.98 Å². The summed E-state index contributed by atoms with van der Waals surface area (Å²) in [6.07, 6.45) is 0. The van der Waals surface area contributed by atoms with Gasteiger partial charge in [-0.3, -0.25) is 4.79 Å². The summed E-state index contributed by atoms with van der Waals surface area (Å²) < 4.78 is 6.89. The summed E-state index contributed by atoms with van der Waals surface area (Å²) in [5, 5.41) is 2.98. The molecule has 0 atom stereocenters. The molecule has 4 aromatic rings. The van der Waals surface area contributed by atoms with Crippen LogP contribution in [0.4, 0.5) is 5.69 Å². The van der Waals surface area contributed by atoms with Crippen LogP contribution < -0.4 is 5.32 Å². The maximum Gasteiger partial charge on any atom is 0.255 e. The summed E-state index contributed by atoms with van der Waals surface area (Å²) in [5.74, 6) is 0.385. The number of rotatable bonds is 3. The minimum Gasteiger partial charge on any atom is -0.436 e. The van der Waals surface area contributed by atoms with Crippen LogP contribution in [0, 0.1) is 20.8 Å². The minimum absolute atomic E-state index is 0.156. The average Bonchev–Trinajstić information content (AvgIpc) is 3.07. The van der Waals surface area contributed by atoms with Crippen molar-refractivity contribution in [2.75, 3.05) is 5.32 Å². The van der Waals surface area contributed by atoms with E-state index in [-0.39, 0.29) is 5.91 Å². The first-order valence-electron chi connectivity index (χ1n) is 8.96. The molecule has 0 unspecified atom stereocenters. The van der Waals surface area contributed by atoms with Crippen LogP contribution in [-0.2, 0) is 0 Å². The van der Waals surface area contributed by atoms with E-state index in [9.17, 15) is 4.79 Å². The second-order valence-electron chi connectivity index (χ2n) is 6.91. The number of aryl methyl sites for hydroxylation is 3. The molecule has 4 rings (SSSR count). The van der Waals surface area contributed by atoms with Gasteiger partial charge in [-0.15, -0.1) is 0 Å². The van der Waals surface area contributed by atoms with Crippen molar-refractivity contribution in [2.45, 2.75) is 20.8 Å². The highest BCUT2D eigenvalue weighted by Gasteiger charge is 2.13. The molecular weight excluding hydrogens is 416 g/mol. The molecule has 140 valence electrons. The van der Waals surface area contributed by atoms with Gasteiger partial charge in [-0.05, 0) is 86.0 Å². The predicted molar refractivity (Wildman–Crippen MR) is 116 cm³/mol. The third-order valence-corrected chi connectivity index (χ3v) is 5.37. The summed E-state index contributed by atoms with van der Waals surface area (Å²) >= 11 is 3.38. The number of oxazole rings is 1. The molecule has 1 aromatic heterocycles. The number of benzene rings is 3. The van der Waals surface area contributed by atoms with Gasteiger partial charge in [-0.2, -0.15) is 0 Å². The van der Waals surface area contributed by atoms with Gasteiger partial charge in [0.25, 0.3) is 5.91 Å². The number of anilines is 1. The topological polar surface area (TPSA) is 55.1 Å². The zero-order valence-corrected chi connectivity index (χ0v) is 17.4. The Labute approximate surface area is 171 Å². The van der Waals surface area contributed by atoms with E-state index >= 15 is 0 Å². The second-order valence-corrected chi connectivity index (χ2v) is 7.83. The molecule has 0 saturated heterocycles. The lowest BCUT2D eigenvalue weighted by Gasteiger charge is -2.10. The zero-order chi connectivity index (χ0) is 19.8. The highest BCUT2D eigenvalue weighted by atomic mass is 79.9. The second kappa shape index (κ2) is 7.24. The van der Waals surface area contributed by atoms with E-state index in [1.807, 2.05) is 49.4 Å². The first kappa shape index (κ1) is 18.4. The first-order chi connectivity index (χ1) is 13.4. The van der Waals surface area contributed by atoms with Crippen molar-refractivity contribution in [1.29, 1.82) is 0 Å². The summed E-state index contributed by atoms with van der Waals surface area (Å²) in [5.41, 5.74) is 7.07. The fraction of sp³-hybridized carbons (Fsp3) is 0.130. The van der Waals surface area contributed by atoms with Crippen LogP contribution in [0.15, 0.2) is 63.5 Å². The van der Waals surface area contributed by atoms with Crippen molar-refractivity contribution in [3.63, 3.8) is 0 Å². The summed E-state index contributed by atoms with van der Waals surface area (Å²) in [7, 11) is 0. The fourth-order valence-corrected chi connectivity index (χ4v) is 3.25. The number of halogens is 1. The Kier molecular flexibility index (Phi) is 4.77. The van der Waals surface area contributed by atoms with Crippen LogP contribution in [0.25, 0.3) is 22.6 Å². The van der Waals surface area contributed by atoms with Crippen LogP contribution in [0.5, 0.6) is 0 Å². The van der Waals surface area contributed by atoms with Gasteiger partial charge in [0.2, 0.25) is 5.89 Å². The lowest BCUT2D eigenvalue weighted by atomic mass is 10.1. The maximum atomic E-state index is 12.6. The zero-order valence-electron chi connectivity index (χ0n) is 15.8. The number of hydrogen-bond acceptors (Lipinski definition) is 3. The molecule has 5 heteroatoms. The van der Waals surface area contributed by atoms with E-state index in [0.29, 0.717) is 11.5 Å². The molecule has 0 saturated carbocycles. The van der Waals surface area contributed by atoms with Crippen molar-refractivity contribution >= 4 is 38.6 Å². The van der Waals surface area contributed by atoms with Crippen molar-refractivity contribution in [3.8, 4) is 11.5 Å². The van der Waals surface area contributed by atoms with E-state index in [4.69, 9.17) is 4.42 Å². The number of carbonyl (C=O) groups is 1. The summed E-state index contributed by atoms with van der Waals surface area (Å²) in [6.45, 7) is 6.07. The molecule has 1 amide bonds. The van der Waals surface area contributed by atoms with Crippen LogP contribution >= 0.6 is 15.9 Å². The van der Waals surface area contributed by atoms with Gasteiger partial charge in [-0.1, -0.05) is 22.0 Å². The van der Waals surface area contributed by atoms with E-state index in [1.165, 1.54) is 11.1 Å². The molecule has 0 fully saturated rings. The Bertz CT molecular complexity index is 1150. The molecule has 0 aliphatic rings. The standard InChI is InChI=1S/C23H19BrN2O2/c1-13-4-5-17(23-26-20-10-14(2)15(3)11-21(20)28-23)12-19(13)25-22(27)16-6-8-18(24)9-7-16/h4-12H,1-3H3,(H,25,27). The average molecular weight is 435 g/mol. The smallest absolute Gasteiger partial charge is 0.255 e. The number of aromatic nitrogens is 1. The highest BCUT2D eigenvalue weighted by Crippen LogP contribution is 2.29. The molecule has 0 aliphatic heterocycles. The summed E-state index contributed by atoms with van der Waals surface area (Å²) in [6, 6.07) is 17.1. The van der Waals surface area contributed by atoms with E-state index < -0.39 is 0 Å². The van der Waals surface area contributed by atoms with Crippen molar-refractivity contribution < 1.29 is 9.21 Å². The van der Waals surface area contributed by atoms with Gasteiger partial charge in [0.15, 0.2) is 5.58 Å². The van der Waals surface area contributed by atoms with Crippen molar-refractivity contribution in [2.24, 2.45) is 0 Å². The molecule has 0 radical (unpaired) electrons. The largest absolute Gasteiger partial charge is 0.436 e. The van der Waals surface area contributed by atoms with Gasteiger partial charge < -0.3 is 9.73 Å². The monoisotopic (exact) mass is 434 g/mol. The van der Waals surface area contributed by atoms with Gasteiger partial charge >= 0.3 is 0 Å². The molecule has 28 heavy (non-hydrogen) atoms. The molecule has 0 aliphatic carbocycles. The van der Waals surface area contributed by atoms with Crippen LogP contribution in [0.3, 0.4) is 0 Å². The SMILES string of the molecule is Cc1cc2nc(-c3ccc(C)c(NC(=O)c4ccc(Br)cc4)c3)oc2cc1C. The van der Waals surface area contributed by atoms with Gasteiger partial charge in [0, 0.05) is 21.3 Å². The van der Waals surface area contributed by atoms with Crippen LogP contribution in [0.2, 0.25) is 0 Å². The Hall–Kier alpha value is -2.92. The fourth-order valence-electron chi connectivity index (χ4n) is 2.99. The summed E-state index contributed by atoms with van der Waals surface area (Å²) in [4.78, 5) is 17.2. The minimum atomic E-state index is -0.156. The Morgan fingerprint density at radius 1 is 0.929 bits per heavy atom. The quantitative estimate of drug-likeness (QED) is 0.403. The molecule has 4 nitrogen and oxygen atoms in total. The molecule has 0 bridgehead atoms. The van der Waals surface area contributed by atoms with E-state index in [2.05, 4.69) is 40.1 Å². The molecule has 0 spiro atoms. The number of fused-ring (bicyclic) bond motifs is 1. The molecular formula is C23H19BrN2O2. The number of nitrogens with zero attached hydrogens (tertiary/aromatic N) is 1. The number of carbonyl (C=O) groups excluding carboxylic acids is 1. The number of amides is 1. The Balaban J connectivity index is 1.67. The van der Waals surface area contributed by atoms with E-state index in [1.54, 1.807) is 12.1 Å². The Morgan fingerprint density at radius 3 is 2.39 bits per heavy atom. The van der Waals surface area contributed by atoms with Crippen LogP contribution in [-0.4, -0.2) is 10.9 Å². The van der Waals surface area contributed by atoms with Crippen LogP contribution in [0.1, 0.15) is 27.0 Å². The maximum absolute atomic E-state index is 12.6. The Morgan fingerprint density at radius 2 is 1.64 bits per heavy atom. The third kappa shape index (κ3) is 3.58. The molecule has 1 N–H and O–H groups in total. The highest BCUT2D eigenvalue weighted by molar-refractivity contribution is 9.10. The number of hydrogen-bond donors (Lipinski definition) is 1. The van der Waals surface area contributed by atoms with Gasteiger partial charge in [-0.25, -0.2) is 4.98 Å². The lowest BCUT2D eigenvalue weighted by Crippen LogP contribution is -2.12. The first-order valence-corrected chi connectivity index (χ1v) is 9.76. The molecule has 3 aromatic carbocycles. The predicted octanol–water partition coefficient (Wildman–Crippen LogP) is 6.43. The normalized spacial score (nSPS) is 11.0. The lowest BCUT2D eigenvalue weighted by molar-refractivity contribution is 0.102. The molecule has 1 heterocycles. The number of nitrogens with one attached hydrogen (secondary N) is 1. The van der Waals surface area contributed by atoms with Gasteiger partial charge in [0.05, 0.1) is 0 Å². The van der Waals surface area contributed by atoms with Gasteiger partial charge in [0.1, 0.15) is 5.52 Å². The van der Waals surface area contributed by atoms with Crippen molar-refractivity contribution in [3.05, 3.63) is 81.3 Å². The third-order valence-electron chi connectivity index (χ3n) is 4.84. The van der Waals surface area contributed by atoms with E-state index in [0.717, 1.165) is 32.4 Å².